The van der Waals surface area contributed by atoms with Gasteiger partial charge in [0.1, 0.15) is 23.5 Å². The molecule has 1 spiro atoms. The van der Waals surface area contributed by atoms with E-state index in [1.165, 1.54) is 0 Å². The van der Waals surface area contributed by atoms with Gasteiger partial charge in [0.2, 0.25) is 0 Å². The SMILES string of the molecule is CC12CCCC1C1(COC(N)=N1)c1cc(Cl)ccc1O2. The monoisotopic (exact) mass is 292 g/mol. The summed E-state index contributed by atoms with van der Waals surface area (Å²) in [6.45, 7) is 2.66. The number of nitrogens with two attached hydrogens (primary N) is 1. The number of hydrogen-bond acceptors (Lipinski definition) is 4. The fourth-order valence-corrected chi connectivity index (χ4v) is 4.30. The summed E-state index contributed by atoms with van der Waals surface area (Å²) in [5.74, 6) is 1.14. The summed E-state index contributed by atoms with van der Waals surface area (Å²) in [5.41, 5.74) is 6.19. The molecule has 3 aliphatic rings. The van der Waals surface area contributed by atoms with Gasteiger partial charge in [-0.1, -0.05) is 11.6 Å². The Balaban J connectivity index is 1.97. The van der Waals surface area contributed by atoms with Crippen molar-refractivity contribution in [2.45, 2.75) is 37.3 Å². The molecule has 4 nitrogen and oxygen atoms in total. The van der Waals surface area contributed by atoms with E-state index in [9.17, 15) is 0 Å². The van der Waals surface area contributed by atoms with Crippen LogP contribution in [-0.4, -0.2) is 18.2 Å². The van der Waals surface area contributed by atoms with Crippen LogP contribution < -0.4 is 10.5 Å². The lowest BCUT2D eigenvalue weighted by Crippen LogP contribution is -2.52. The molecule has 5 heteroatoms. The summed E-state index contributed by atoms with van der Waals surface area (Å²) in [6.07, 6.45) is 3.25. The van der Waals surface area contributed by atoms with Crippen LogP contribution in [0.4, 0.5) is 0 Å². The Morgan fingerprint density at radius 2 is 2.30 bits per heavy atom. The third kappa shape index (κ3) is 1.46. The van der Waals surface area contributed by atoms with Gasteiger partial charge in [-0.2, -0.15) is 0 Å². The van der Waals surface area contributed by atoms with E-state index in [4.69, 9.17) is 26.8 Å². The zero-order valence-electron chi connectivity index (χ0n) is 11.4. The Kier molecular flexibility index (Phi) is 2.35. The van der Waals surface area contributed by atoms with Crippen LogP contribution in [0.25, 0.3) is 0 Å². The molecule has 2 heterocycles. The molecule has 0 saturated heterocycles. The van der Waals surface area contributed by atoms with Gasteiger partial charge in [0.05, 0.1) is 0 Å². The van der Waals surface area contributed by atoms with Crippen LogP contribution >= 0.6 is 11.6 Å². The maximum Gasteiger partial charge on any atom is 0.283 e. The largest absolute Gasteiger partial charge is 0.487 e. The summed E-state index contributed by atoms with van der Waals surface area (Å²) in [5, 5.41) is 0.689. The number of ether oxygens (including phenoxy) is 2. The van der Waals surface area contributed by atoms with Gasteiger partial charge in [0.25, 0.3) is 6.02 Å². The van der Waals surface area contributed by atoms with Crippen LogP contribution in [0.1, 0.15) is 31.7 Å². The molecule has 1 aliphatic carbocycles. The highest BCUT2D eigenvalue weighted by Gasteiger charge is 2.60. The maximum atomic E-state index is 6.30. The van der Waals surface area contributed by atoms with Crippen molar-refractivity contribution >= 4 is 17.6 Å². The van der Waals surface area contributed by atoms with Gasteiger partial charge in [-0.15, -0.1) is 0 Å². The molecule has 20 heavy (non-hydrogen) atoms. The number of aliphatic imine (C=N–C) groups is 1. The Bertz CT molecular complexity index is 618. The fourth-order valence-electron chi connectivity index (χ4n) is 4.13. The zero-order chi connectivity index (χ0) is 14.0. The number of rotatable bonds is 0. The van der Waals surface area contributed by atoms with Gasteiger partial charge in [-0.05, 0) is 44.4 Å². The van der Waals surface area contributed by atoms with Crippen molar-refractivity contribution in [2.24, 2.45) is 16.6 Å². The van der Waals surface area contributed by atoms with Crippen LogP contribution in [0.5, 0.6) is 5.75 Å². The van der Waals surface area contributed by atoms with Gasteiger partial charge in [-0.3, -0.25) is 0 Å². The molecule has 3 atom stereocenters. The first-order chi connectivity index (χ1) is 9.53. The Morgan fingerprint density at radius 1 is 1.45 bits per heavy atom. The average molecular weight is 293 g/mol. The predicted molar refractivity (Wildman–Crippen MR) is 77.1 cm³/mol. The second-order valence-corrected chi connectivity index (χ2v) is 6.60. The topological polar surface area (TPSA) is 56.8 Å². The molecule has 2 aliphatic heterocycles. The lowest BCUT2D eigenvalue weighted by Gasteiger charge is -2.46. The molecule has 106 valence electrons. The van der Waals surface area contributed by atoms with Gasteiger partial charge >= 0.3 is 0 Å². The lowest BCUT2D eigenvalue weighted by atomic mass is 9.70. The summed E-state index contributed by atoms with van der Waals surface area (Å²) in [6, 6.07) is 6.01. The summed E-state index contributed by atoms with van der Waals surface area (Å²) >= 11 is 6.18. The number of halogens is 1. The van der Waals surface area contributed by atoms with Crippen molar-refractivity contribution in [3.05, 3.63) is 28.8 Å². The molecule has 0 aromatic heterocycles. The summed E-state index contributed by atoms with van der Waals surface area (Å²) in [4.78, 5) is 4.68. The predicted octanol–water partition coefficient (Wildman–Crippen LogP) is 2.83. The minimum Gasteiger partial charge on any atom is -0.487 e. The second-order valence-electron chi connectivity index (χ2n) is 6.16. The molecule has 4 rings (SSSR count). The van der Waals surface area contributed by atoms with Crippen molar-refractivity contribution < 1.29 is 9.47 Å². The van der Waals surface area contributed by atoms with Crippen molar-refractivity contribution in [1.82, 2.24) is 0 Å². The van der Waals surface area contributed by atoms with Crippen LogP contribution in [-0.2, 0) is 10.3 Å². The highest BCUT2D eigenvalue weighted by molar-refractivity contribution is 6.30. The first-order valence-corrected chi connectivity index (χ1v) is 7.38. The molecule has 3 unspecified atom stereocenters. The fraction of sp³-hybridized carbons (Fsp3) is 0.533. The minimum atomic E-state index is -0.437. The van der Waals surface area contributed by atoms with Crippen molar-refractivity contribution in [2.75, 3.05) is 6.61 Å². The van der Waals surface area contributed by atoms with E-state index < -0.39 is 5.54 Å². The smallest absolute Gasteiger partial charge is 0.283 e. The van der Waals surface area contributed by atoms with Gasteiger partial charge in [0, 0.05) is 16.5 Å². The second kappa shape index (κ2) is 3.82. The van der Waals surface area contributed by atoms with E-state index in [1.807, 2.05) is 18.2 Å². The van der Waals surface area contributed by atoms with E-state index in [-0.39, 0.29) is 17.5 Å². The molecule has 1 aromatic rings. The maximum absolute atomic E-state index is 6.30. The van der Waals surface area contributed by atoms with Crippen LogP contribution in [0.3, 0.4) is 0 Å². The zero-order valence-corrected chi connectivity index (χ0v) is 12.1. The third-order valence-corrected chi connectivity index (χ3v) is 5.22. The molecular weight excluding hydrogens is 276 g/mol. The van der Waals surface area contributed by atoms with E-state index in [1.54, 1.807) is 0 Å². The quantitative estimate of drug-likeness (QED) is 0.800. The molecular formula is C15H17ClN2O2. The summed E-state index contributed by atoms with van der Waals surface area (Å²) < 4.78 is 11.8. The first kappa shape index (κ1) is 12.3. The molecule has 0 radical (unpaired) electrons. The van der Waals surface area contributed by atoms with Gasteiger partial charge < -0.3 is 15.2 Å². The standard InChI is InChI=1S/C15H17ClN2O2/c1-14-6-2-3-12(14)15(8-19-13(17)18-15)10-7-9(16)4-5-11(10)20-14/h4-5,7,12H,2-3,6,8H2,1H3,(H2,17,18). The van der Waals surface area contributed by atoms with Gasteiger partial charge in [0.15, 0.2) is 0 Å². The highest BCUT2D eigenvalue weighted by atomic mass is 35.5. The number of amidine groups is 1. The van der Waals surface area contributed by atoms with Crippen LogP contribution in [0.2, 0.25) is 5.02 Å². The first-order valence-electron chi connectivity index (χ1n) is 7.01. The van der Waals surface area contributed by atoms with Crippen molar-refractivity contribution in [3.63, 3.8) is 0 Å². The van der Waals surface area contributed by atoms with Crippen LogP contribution in [0.15, 0.2) is 23.2 Å². The molecule has 1 fully saturated rings. The molecule has 0 amide bonds. The average Bonchev–Trinajstić information content (AvgIpc) is 2.96. The Hall–Kier alpha value is -1.42. The number of hydrogen-bond donors (Lipinski definition) is 1. The van der Waals surface area contributed by atoms with Gasteiger partial charge in [-0.25, -0.2) is 4.99 Å². The molecule has 0 bridgehead atoms. The highest BCUT2D eigenvalue weighted by Crippen LogP contribution is 2.57. The van der Waals surface area contributed by atoms with E-state index in [2.05, 4.69) is 11.9 Å². The Morgan fingerprint density at radius 3 is 3.05 bits per heavy atom. The van der Waals surface area contributed by atoms with E-state index in [0.717, 1.165) is 30.6 Å². The van der Waals surface area contributed by atoms with E-state index >= 15 is 0 Å². The molecule has 2 N–H and O–H groups in total. The molecule has 1 aromatic carbocycles. The Labute approximate surface area is 122 Å². The number of fused-ring (bicyclic) bond motifs is 4. The number of benzene rings is 1. The number of nitrogens with zero attached hydrogens (tertiary/aromatic N) is 1. The third-order valence-electron chi connectivity index (χ3n) is 4.98. The minimum absolute atomic E-state index is 0.196. The molecule has 1 saturated carbocycles. The van der Waals surface area contributed by atoms with Crippen LogP contribution in [0, 0.1) is 5.92 Å². The summed E-state index contributed by atoms with van der Waals surface area (Å²) in [7, 11) is 0. The van der Waals surface area contributed by atoms with Crippen molar-refractivity contribution in [3.8, 4) is 5.75 Å². The lowest BCUT2D eigenvalue weighted by molar-refractivity contribution is -0.0211. The van der Waals surface area contributed by atoms with E-state index in [0.29, 0.717) is 11.6 Å². The normalized spacial score (nSPS) is 37.9. The van der Waals surface area contributed by atoms with Crippen molar-refractivity contribution in [1.29, 1.82) is 0 Å².